The van der Waals surface area contributed by atoms with Crippen molar-refractivity contribution in [3.8, 4) is 22.3 Å². The minimum Gasteiger partial charge on any atom is -0.462 e. The van der Waals surface area contributed by atoms with E-state index >= 15 is 0 Å². The third-order valence-corrected chi connectivity index (χ3v) is 5.78. The van der Waals surface area contributed by atoms with Crippen LogP contribution in [0, 0.1) is 6.92 Å². The van der Waals surface area contributed by atoms with Gasteiger partial charge in [0.1, 0.15) is 11.8 Å². The van der Waals surface area contributed by atoms with Crippen LogP contribution in [0.4, 0.5) is 5.69 Å². The highest BCUT2D eigenvalue weighted by Gasteiger charge is 2.16. The zero-order valence-electron chi connectivity index (χ0n) is 16.8. The van der Waals surface area contributed by atoms with Crippen LogP contribution in [-0.2, 0) is 0 Å². The van der Waals surface area contributed by atoms with Crippen LogP contribution in [0.25, 0.3) is 33.4 Å². The summed E-state index contributed by atoms with van der Waals surface area (Å²) in [5, 5.41) is 0. The fourth-order valence-corrected chi connectivity index (χ4v) is 3.99. The average Bonchev–Trinajstić information content (AvgIpc) is 3.17. The maximum absolute atomic E-state index is 5.85. The fourth-order valence-electron chi connectivity index (χ4n) is 3.99. The van der Waals surface area contributed by atoms with E-state index in [4.69, 9.17) is 9.40 Å². The van der Waals surface area contributed by atoms with Crippen molar-refractivity contribution in [3.05, 3.63) is 66.8 Å². The lowest BCUT2D eigenvalue weighted by atomic mass is 10.0. The lowest BCUT2D eigenvalue weighted by Gasteiger charge is -2.34. The van der Waals surface area contributed by atoms with E-state index in [0.717, 1.165) is 65.2 Å². The van der Waals surface area contributed by atoms with Crippen LogP contribution >= 0.6 is 0 Å². The van der Waals surface area contributed by atoms with E-state index in [1.165, 1.54) is 5.69 Å². The molecule has 1 aliphatic rings. The standard InChI is InChI=1S/C24H24N4O/c1-17-21(18-3-5-20(6-4-18)28-13-11-27(2)12-14-28)15-23-24(26-17)22(16-29-23)19-7-9-25-10-8-19/h3-10,15-16H,11-14H2,1-2H3. The van der Waals surface area contributed by atoms with E-state index in [0.29, 0.717) is 0 Å². The van der Waals surface area contributed by atoms with E-state index in [1.807, 2.05) is 12.1 Å². The number of piperazine rings is 1. The second kappa shape index (κ2) is 7.33. The molecular formula is C24H24N4O. The summed E-state index contributed by atoms with van der Waals surface area (Å²) in [7, 11) is 2.18. The second-order valence-electron chi connectivity index (χ2n) is 7.69. The molecule has 1 aromatic carbocycles. The molecule has 5 rings (SSSR count). The number of benzene rings is 1. The Balaban J connectivity index is 1.47. The van der Waals surface area contributed by atoms with E-state index in [1.54, 1.807) is 18.7 Å². The van der Waals surface area contributed by atoms with E-state index in [-0.39, 0.29) is 0 Å². The Morgan fingerprint density at radius 1 is 0.862 bits per heavy atom. The first kappa shape index (κ1) is 17.9. The highest BCUT2D eigenvalue weighted by atomic mass is 16.3. The van der Waals surface area contributed by atoms with Gasteiger partial charge in [0.15, 0.2) is 5.58 Å². The maximum atomic E-state index is 5.85. The fraction of sp³-hybridized carbons (Fsp3) is 0.250. The number of anilines is 1. The van der Waals surface area contributed by atoms with Crippen molar-refractivity contribution in [1.29, 1.82) is 0 Å². The van der Waals surface area contributed by atoms with Gasteiger partial charge in [0.2, 0.25) is 0 Å². The highest BCUT2D eigenvalue weighted by Crippen LogP contribution is 2.33. The van der Waals surface area contributed by atoms with Crippen molar-refractivity contribution in [1.82, 2.24) is 14.9 Å². The van der Waals surface area contributed by atoms with E-state index in [2.05, 4.69) is 59.1 Å². The predicted octanol–water partition coefficient (Wildman–Crippen LogP) is 4.62. The summed E-state index contributed by atoms with van der Waals surface area (Å²) in [4.78, 5) is 13.8. The number of rotatable bonds is 3. The number of pyridine rings is 2. The molecule has 4 heterocycles. The second-order valence-corrected chi connectivity index (χ2v) is 7.69. The predicted molar refractivity (Wildman–Crippen MR) is 117 cm³/mol. The van der Waals surface area contributed by atoms with Crippen molar-refractivity contribution in [2.45, 2.75) is 6.92 Å². The molecule has 29 heavy (non-hydrogen) atoms. The number of nitrogens with zero attached hydrogens (tertiary/aromatic N) is 4. The molecule has 0 radical (unpaired) electrons. The quantitative estimate of drug-likeness (QED) is 0.516. The Labute approximate surface area is 170 Å². The molecule has 0 N–H and O–H groups in total. The van der Waals surface area contributed by atoms with Crippen molar-refractivity contribution in [2.24, 2.45) is 0 Å². The highest BCUT2D eigenvalue weighted by molar-refractivity contribution is 5.93. The summed E-state index contributed by atoms with van der Waals surface area (Å²) < 4.78 is 5.85. The zero-order chi connectivity index (χ0) is 19.8. The SMILES string of the molecule is Cc1nc2c(-c3ccncc3)coc2cc1-c1ccc(N2CCN(C)CC2)cc1. The van der Waals surface area contributed by atoms with Gasteiger partial charge >= 0.3 is 0 Å². The molecule has 1 aliphatic heterocycles. The van der Waals surface area contributed by atoms with Crippen molar-refractivity contribution >= 4 is 16.8 Å². The van der Waals surface area contributed by atoms with Gasteiger partial charge in [-0.25, -0.2) is 4.98 Å². The Bertz CT molecular complexity index is 1130. The summed E-state index contributed by atoms with van der Waals surface area (Å²) in [6, 6.07) is 14.9. The topological polar surface area (TPSA) is 45.4 Å². The van der Waals surface area contributed by atoms with Crippen molar-refractivity contribution in [2.75, 3.05) is 38.1 Å². The number of likely N-dealkylation sites (N-methyl/N-ethyl adjacent to an activating group) is 1. The summed E-state index contributed by atoms with van der Waals surface area (Å²) in [5.74, 6) is 0. The van der Waals surface area contributed by atoms with Crippen LogP contribution in [0.2, 0.25) is 0 Å². The van der Waals surface area contributed by atoms with Gasteiger partial charge in [0.05, 0.1) is 0 Å². The van der Waals surface area contributed by atoms with Crippen LogP contribution in [0.1, 0.15) is 5.69 Å². The van der Waals surface area contributed by atoms with Gasteiger partial charge in [-0.05, 0) is 55.4 Å². The molecule has 0 bridgehead atoms. The molecule has 5 nitrogen and oxygen atoms in total. The van der Waals surface area contributed by atoms with Gasteiger partial charge in [0.25, 0.3) is 0 Å². The van der Waals surface area contributed by atoms with E-state index < -0.39 is 0 Å². The Morgan fingerprint density at radius 3 is 2.28 bits per heavy atom. The molecule has 0 saturated carbocycles. The van der Waals surface area contributed by atoms with Gasteiger partial charge in [-0.15, -0.1) is 0 Å². The van der Waals surface area contributed by atoms with Crippen LogP contribution < -0.4 is 4.90 Å². The van der Waals surface area contributed by atoms with Crippen molar-refractivity contribution < 1.29 is 4.42 Å². The van der Waals surface area contributed by atoms with Gasteiger partial charge < -0.3 is 14.2 Å². The molecule has 0 amide bonds. The van der Waals surface area contributed by atoms with Crippen LogP contribution in [-0.4, -0.2) is 48.1 Å². The van der Waals surface area contributed by atoms with Crippen LogP contribution in [0.3, 0.4) is 0 Å². The average molecular weight is 384 g/mol. The normalized spacial score (nSPS) is 15.2. The molecular weight excluding hydrogens is 360 g/mol. The smallest absolute Gasteiger partial charge is 0.153 e. The number of furan rings is 1. The molecule has 5 heteroatoms. The van der Waals surface area contributed by atoms with Crippen molar-refractivity contribution in [3.63, 3.8) is 0 Å². The number of aryl methyl sites for hydroxylation is 1. The molecule has 3 aromatic heterocycles. The first-order valence-electron chi connectivity index (χ1n) is 10.0. The maximum Gasteiger partial charge on any atom is 0.153 e. The first-order chi connectivity index (χ1) is 14.2. The van der Waals surface area contributed by atoms with Gasteiger partial charge in [0, 0.05) is 61.1 Å². The number of fused-ring (bicyclic) bond motifs is 1. The molecule has 146 valence electrons. The Kier molecular flexibility index (Phi) is 4.52. The molecule has 1 fully saturated rings. The zero-order valence-corrected chi connectivity index (χ0v) is 16.8. The van der Waals surface area contributed by atoms with Crippen LogP contribution in [0.15, 0.2) is 65.5 Å². The summed E-state index contributed by atoms with van der Waals surface area (Å²) in [6.07, 6.45) is 5.36. The lowest BCUT2D eigenvalue weighted by Crippen LogP contribution is -2.44. The molecule has 0 aliphatic carbocycles. The van der Waals surface area contributed by atoms with E-state index in [9.17, 15) is 0 Å². The first-order valence-corrected chi connectivity index (χ1v) is 10.0. The molecule has 4 aromatic rings. The van der Waals surface area contributed by atoms with Crippen LogP contribution in [0.5, 0.6) is 0 Å². The summed E-state index contributed by atoms with van der Waals surface area (Å²) in [6.45, 7) is 6.44. The third kappa shape index (κ3) is 3.38. The monoisotopic (exact) mass is 384 g/mol. The minimum absolute atomic E-state index is 0.806. The third-order valence-electron chi connectivity index (χ3n) is 5.78. The summed E-state index contributed by atoms with van der Waals surface area (Å²) >= 11 is 0. The molecule has 0 spiro atoms. The number of aromatic nitrogens is 2. The number of hydrogen-bond donors (Lipinski definition) is 0. The number of hydrogen-bond acceptors (Lipinski definition) is 5. The lowest BCUT2D eigenvalue weighted by molar-refractivity contribution is 0.313. The molecule has 0 atom stereocenters. The Hall–Kier alpha value is -3.18. The molecule has 0 unspecified atom stereocenters. The summed E-state index contributed by atoms with van der Waals surface area (Å²) in [5.41, 5.74) is 8.33. The Morgan fingerprint density at radius 2 is 1.55 bits per heavy atom. The van der Waals surface area contributed by atoms with Gasteiger partial charge in [-0.1, -0.05) is 12.1 Å². The molecule has 1 saturated heterocycles. The largest absolute Gasteiger partial charge is 0.462 e. The van der Waals surface area contributed by atoms with Gasteiger partial charge in [-0.3, -0.25) is 4.98 Å². The minimum atomic E-state index is 0.806. The van der Waals surface area contributed by atoms with Gasteiger partial charge in [-0.2, -0.15) is 0 Å².